The molecule has 0 aliphatic carbocycles. The quantitative estimate of drug-likeness (QED) is 0.217. The Labute approximate surface area is 194 Å². The number of carbonyl (C=O) groups is 1. The molecule has 4 rings (SSSR count). The summed E-state index contributed by atoms with van der Waals surface area (Å²) in [5.74, 6) is -0.427. The van der Waals surface area contributed by atoms with Gasteiger partial charge in [0.25, 0.3) is 5.91 Å². The zero-order valence-electron chi connectivity index (χ0n) is 16.4. The van der Waals surface area contributed by atoms with Crippen LogP contribution in [0, 0.1) is 6.92 Å². The van der Waals surface area contributed by atoms with E-state index in [9.17, 15) is 4.79 Å². The molecule has 0 fully saturated rings. The van der Waals surface area contributed by atoms with Crippen molar-refractivity contribution in [2.75, 3.05) is 0 Å². The Morgan fingerprint density at radius 1 is 1.13 bits per heavy atom. The lowest BCUT2D eigenvalue weighted by atomic mass is 10.1. The highest BCUT2D eigenvalue weighted by atomic mass is 35.5. The summed E-state index contributed by atoms with van der Waals surface area (Å²) in [7, 11) is 0. The van der Waals surface area contributed by atoms with Gasteiger partial charge in [-0.15, -0.1) is 0 Å². The lowest BCUT2D eigenvalue weighted by Crippen LogP contribution is -2.18. The second kappa shape index (κ2) is 9.10. The molecule has 8 heteroatoms. The third-order valence-corrected chi connectivity index (χ3v) is 5.87. The summed E-state index contributed by atoms with van der Waals surface area (Å²) in [5.41, 5.74) is 6.66. The molecule has 0 aliphatic heterocycles. The molecule has 2 heterocycles. The Bertz CT molecular complexity index is 1310. The molecule has 0 saturated heterocycles. The molecule has 0 saturated carbocycles. The number of pyridine rings is 1. The van der Waals surface area contributed by atoms with Crippen molar-refractivity contribution in [1.82, 2.24) is 15.0 Å². The number of hydrogen-bond donors (Lipinski definition) is 1. The fourth-order valence-corrected chi connectivity index (χ4v) is 4.09. The van der Waals surface area contributed by atoms with Gasteiger partial charge >= 0.3 is 0 Å². The summed E-state index contributed by atoms with van der Waals surface area (Å²) in [6.07, 6.45) is 3.16. The van der Waals surface area contributed by atoms with E-state index in [-0.39, 0.29) is 10.7 Å². The molecule has 156 valence electrons. The first-order chi connectivity index (χ1) is 15.0. The number of nitrogens with zero attached hydrogens (tertiary/aromatic N) is 3. The van der Waals surface area contributed by atoms with Gasteiger partial charge in [-0.1, -0.05) is 59.1 Å². The van der Waals surface area contributed by atoms with Crippen molar-refractivity contribution >= 4 is 57.8 Å². The predicted octanol–water partition coefficient (Wildman–Crippen LogP) is 6.12. The molecule has 0 radical (unpaired) electrons. The van der Waals surface area contributed by atoms with E-state index in [0.29, 0.717) is 16.6 Å². The van der Waals surface area contributed by atoms with Gasteiger partial charge in [0.05, 0.1) is 11.8 Å². The molecule has 5 nitrogen and oxygen atoms in total. The Morgan fingerprint density at radius 3 is 2.71 bits per heavy atom. The minimum atomic E-state index is -0.427. The van der Waals surface area contributed by atoms with Crippen LogP contribution in [0.1, 0.15) is 27.2 Å². The van der Waals surface area contributed by atoms with Crippen molar-refractivity contribution in [3.63, 3.8) is 0 Å². The smallest absolute Gasteiger partial charge is 0.274 e. The van der Waals surface area contributed by atoms with E-state index in [2.05, 4.69) is 20.1 Å². The van der Waals surface area contributed by atoms with Crippen LogP contribution in [-0.4, -0.2) is 21.7 Å². The molecule has 0 unspecified atom stereocenters. The van der Waals surface area contributed by atoms with Gasteiger partial charge in [-0.25, -0.2) is 10.4 Å². The van der Waals surface area contributed by atoms with Crippen LogP contribution in [-0.2, 0) is 6.54 Å². The van der Waals surface area contributed by atoms with E-state index >= 15 is 0 Å². The Kier molecular flexibility index (Phi) is 6.28. The van der Waals surface area contributed by atoms with E-state index in [1.165, 1.54) is 6.20 Å². The monoisotopic (exact) mass is 470 g/mol. The number of amides is 1. The molecule has 1 N–H and O–H groups in total. The number of aromatic nitrogens is 2. The number of carbonyl (C=O) groups excluding carboxylic acids is 1. The van der Waals surface area contributed by atoms with Crippen LogP contribution in [0.5, 0.6) is 0 Å². The van der Waals surface area contributed by atoms with Crippen LogP contribution in [0.25, 0.3) is 10.9 Å². The average Bonchev–Trinajstić information content (AvgIpc) is 3.01. The van der Waals surface area contributed by atoms with E-state index in [4.69, 9.17) is 34.8 Å². The molecule has 2 aromatic heterocycles. The van der Waals surface area contributed by atoms with E-state index < -0.39 is 5.91 Å². The Balaban J connectivity index is 1.66. The molecular weight excluding hydrogens is 455 g/mol. The predicted molar refractivity (Wildman–Crippen MR) is 127 cm³/mol. The van der Waals surface area contributed by atoms with Crippen molar-refractivity contribution in [3.8, 4) is 0 Å². The van der Waals surface area contributed by atoms with Gasteiger partial charge in [0, 0.05) is 44.9 Å². The van der Waals surface area contributed by atoms with Gasteiger partial charge < -0.3 is 4.57 Å². The average molecular weight is 472 g/mol. The van der Waals surface area contributed by atoms with Crippen molar-refractivity contribution < 1.29 is 4.79 Å². The van der Waals surface area contributed by atoms with Crippen molar-refractivity contribution in [2.24, 2.45) is 5.10 Å². The largest absolute Gasteiger partial charge is 0.340 e. The Hall–Kier alpha value is -2.86. The topological polar surface area (TPSA) is 59.3 Å². The summed E-state index contributed by atoms with van der Waals surface area (Å²) in [6, 6.07) is 16.7. The van der Waals surface area contributed by atoms with Gasteiger partial charge in [-0.3, -0.25) is 4.79 Å². The first-order valence-corrected chi connectivity index (χ1v) is 10.5. The second-order valence-electron chi connectivity index (χ2n) is 6.88. The number of hydrogen-bond acceptors (Lipinski definition) is 3. The van der Waals surface area contributed by atoms with Crippen LogP contribution in [0.4, 0.5) is 0 Å². The normalized spacial score (nSPS) is 11.4. The Morgan fingerprint density at radius 2 is 1.94 bits per heavy atom. The van der Waals surface area contributed by atoms with Gasteiger partial charge in [0.2, 0.25) is 0 Å². The zero-order valence-corrected chi connectivity index (χ0v) is 18.7. The van der Waals surface area contributed by atoms with Crippen LogP contribution < -0.4 is 5.43 Å². The van der Waals surface area contributed by atoms with E-state index in [1.54, 1.807) is 24.4 Å². The summed E-state index contributed by atoms with van der Waals surface area (Å²) in [6.45, 7) is 2.58. The second-order valence-corrected chi connectivity index (χ2v) is 8.08. The number of hydrazone groups is 1. The number of nitrogens with one attached hydrogen (secondary N) is 1. The molecule has 0 atom stereocenters. The molecule has 0 bridgehead atoms. The summed E-state index contributed by atoms with van der Waals surface area (Å²) < 4.78 is 2.16. The standard InChI is InChI=1S/C23H17Cl3N4O/c1-14-19(12-28-29-23(31)18-6-4-10-27-22(18)26)17-5-2-3-7-21(17)30(14)13-15-8-9-16(24)11-20(15)25/h2-12H,13H2,1H3,(H,29,31). The van der Waals surface area contributed by atoms with Gasteiger partial charge in [-0.2, -0.15) is 5.10 Å². The third-order valence-electron chi connectivity index (χ3n) is 4.99. The summed E-state index contributed by atoms with van der Waals surface area (Å²) >= 11 is 18.4. The number of halogens is 3. The van der Waals surface area contributed by atoms with Crippen molar-refractivity contribution in [2.45, 2.75) is 13.5 Å². The molecule has 2 aromatic carbocycles. The number of rotatable bonds is 5. The number of fused-ring (bicyclic) bond motifs is 1. The van der Waals surface area contributed by atoms with Crippen LogP contribution in [0.15, 0.2) is 65.9 Å². The maximum atomic E-state index is 12.3. The highest BCUT2D eigenvalue weighted by molar-refractivity contribution is 6.35. The van der Waals surface area contributed by atoms with Crippen LogP contribution in [0.2, 0.25) is 15.2 Å². The summed E-state index contributed by atoms with van der Waals surface area (Å²) in [5, 5.41) is 6.50. The first kappa shape index (κ1) is 21.4. The molecular formula is C23H17Cl3N4O. The number of benzene rings is 2. The fraction of sp³-hybridized carbons (Fsp3) is 0.0870. The SMILES string of the molecule is Cc1c(C=NNC(=O)c2cccnc2Cl)c2ccccc2n1Cc1ccc(Cl)cc1Cl. The summed E-state index contributed by atoms with van der Waals surface area (Å²) in [4.78, 5) is 16.2. The van der Waals surface area contributed by atoms with Gasteiger partial charge in [0.15, 0.2) is 0 Å². The number of para-hydroxylation sites is 1. The van der Waals surface area contributed by atoms with Crippen LogP contribution >= 0.6 is 34.8 Å². The van der Waals surface area contributed by atoms with E-state index in [0.717, 1.165) is 27.7 Å². The van der Waals surface area contributed by atoms with Gasteiger partial charge in [0.1, 0.15) is 5.15 Å². The lowest BCUT2D eigenvalue weighted by Gasteiger charge is -2.10. The minimum absolute atomic E-state index is 0.128. The maximum Gasteiger partial charge on any atom is 0.274 e. The molecule has 0 aliphatic rings. The minimum Gasteiger partial charge on any atom is -0.340 e. The van der Waals surface area contributed by atoms with Gasteiger partial charge in [-0.05, 0) is 42.8 Å². The van der Waals surface area contributed by atoms with Crippen molar-refractivity contribution in [1.29, 1.82) is 0 Å². The van der Waals surface area contributed by atoms with E-state index in [1.807, 2.05) is 43.3 Å². The van der Waals surface area contributed by atoms with Crippen LogP contribution in [0.3, 0.4) is 0 Å². The molecule has 1 amide bonds. The lowest BCUT2D eigenvalue weighted by molar-refractivity contribution is 0.0955. The first-order valence-electron chi connectivity index (χ1n) is 9.41. The maximum absolute atomic E-state index is 12.3. The van der Waals surface area contributed by atoms with Crippen molar-refractivity contribution in [3.05, 3.63) is 98.4 Å². The highest BCUT2D eigenvalue weighted by Gasteiger charge is 2.14. The fourth-order valence-electron chi connectivity index (χ4n) is 3.42. The third kappa shape index (κ3) is 4.44. The highest BCUT2D eigenvalue weighted by Crippen LogP contribution is 2.28. The molecule has 31 heavy (non-hydrogen) atoms. The molecule has 4 aromatic rings. The molecule has 0 spiro atoms. The zero-order chi connectivity index (χ0) is 22.0.